The van der Waals surface area contributed by atoms with Crippen molar-refractivity contribution in [2.45, 2.75) is 19.0 Å². The number of benzene rings is 2. The van der Waals surface area contributed by atoms with Crippen LogP contribution in [0.5, 0.6) is 11.5 Å². The van der Waals surface area contributed by atoms with Crippen LogP contribution in [0, 0.1) is 0 Å². The van der Waals surface area contributed by atoms with E-state index in [0.29, 0.717) is 30.2 Å². The van der Waals surface area contributed by atoms with Crippen molar-refractivity contribution in [2.24, 2.45) is 0 Å². The average molecular weight is 370 g/mol. The van der Waals surface area contributed by atoms with Crippen molar-refractivity contribution in [3.8, 4) is 11.5 Å². The fourth-order valence-corrected chi connectivity index (χ4v) is 3.56. The van der Waals surface area contributed by atoms with Crippen LogP contribution in [0.15, 0.2) is 42.5 Å². The summed E-state index contributed by atoms with van der Waals surface area (Å²) >= 11 is 0. The lowest BCUT2D eigenvalue weighted by atomic mass is 9.92. The van der Waals surface area contributed by atoms with E-state index in [4.69, 9.17) is 14.2 Å². The van der Waals surface area contributed by atoms with Gasteiger partial charge in [0.15, 0.2) is 0 Å². The van der Waals surface area contributed by atoms with Gasteiger partial charge in [-0.25, -0.2) is 0 Å². The monoisotopic (exact) mass is 370 g/mol. The van der Waals surface area contributed by atoms with Crippen LogP contribution >= 0.6 is 0 Å². The largest absolute Gasteiger partial charge is 0.497 e. The molecule has 0 spiro atoms. The molecule has 1 unspecified atom stereocenters. The van der Waals surface area contributed by atoms with Gasteiger partial charge in [-0.05, 0) is 37.6 Å². The van der Waals surface area contributed by atoms with Crippen LogP contribution in [0.4, 0.5) is 5.69 Å². The molecule has 0 aliphatic carbocycles. The Bertz CT molecular complexity index is 824. The van der Waals surface area contributed by atoms with Crippen LogP contribution in [-0.4, -0.2) is 45.3 Å². The number of ether oxygens (including phenoxy) is 3. The van der Waals surface area contributed by atoms with Gasteiger partial charge in [0.2, 0.25) is 0 Å². The number of rotatable bonds is 7. The Kier molecular flexibility index (Phi) is 5.56. The molecule has 1 atom stereocenters. The van der Waals surface area contributed by atoms with E-state index in [1.165, 1.54) is 0 Å². The lowest BCUT2D eigenvalue weighted by Crippen LogP contribution is -2.56. The van der Waals surface area contributed by atoms with Gasteiger partial charge in [0.1, 0.15) is 17.2 Å². The first kappa shape index (κ1) is 19.0. The summed E-state index contributed by atoms with van der Waals surface area (Å²) in [6, 6.07) is 13.2. The zero-order chi connectivity index (χ0) is 19.4. The standard InChI is InChI=1S/C21H26N2O4/c1-21(17-11-10-15(26-3)14-19(17)27-4)22-18-9-6-5-8-16(18)20(24)23(21)12-7-13-25-2/h5-6,8-11,14,22H,7,12-13H2,1-4H3. The van der Waals surface area contributed by atoms with E-state index in [9.17, 15) is 4.79 Å². The SMILES string of the molecule is COCCCN1C(=O)c2ccccc2NC1(C)c1ccc(OC)cc1OC. The minimum absolute atomic E-state index is 0.0131. The molecule has 27 heavy (non-hydrogen) atoms. The Morgan fingerprint density at radius 2 is 1.85 bits per heavy atom. The molecule has 2 aromatic rings. The number of carbonyl (C=O) groups excluding carboxylic acids is 1. The normalized spacial score (nSPS) is 18.7. The van der Waals surface area contributed by atoms with Crippen LogP contribution in [0.25, 0.3) is 0 Å². The number of para-hydroxylation sites is 1. The second-order valence-electron chi connectivity index (χ2n) is 6.61. The third-order valence-electron chi connectivity index (χ3n) is 4.98. The molecule has 0 radical (unpaired) electrons. The summed E-state index contributed by atoms with van der Waals surface area (Å²) < 4.78 is 16.1. The summed E-state index contributed by atoms with van der Waals surface area (Å²) in [7, 11) is 4.90. The fourth-order valence-electron chi connectivity index (χ4n) is 3.56. The lowest BCUT2D eigenvalue weighted by Gasteiger charge is -2.47. The second kappa shape index (κ2) is 7.88. The van der Waals surface area contributed by atoms with E-state index in [-0.39, 0.29) is 5.91 Å². The van der Waals surface area contributed by atoms with E-state index in [1.807, 2.05) is 54.3 Å². The summed E-state index contributed by atoms with van der Waals surface area (Å²) in [6.45, 7) is 3.14. The highest BCUT2D eigenvalue weighted by atomic mass is 16.5. The van der Waals surface area contributed by atoms with Crippen molar-refractivity contribution in [3.05, 3.63) is 53.6 Å². The summed E-state index contributed by atoms with van der Waals surface area (Å²) in [5.41, 5.74) is 1.58. The van der Waals surface area contributed by atoms with Crippen molar-refractivity contribution in [1.29, 1.82) is 0 Å². The molecule has 144 valence electrons. The molecule has 1 heterocycles. The maximum absolute atomic E-state index is 13.3. The maximum Gasteiger partial charge on any atom is 0.258 e. The van der Waals surface area contributed by atoms with Crippen LogP contribution < -0.4 is 14.8 Å². The highest BCUT2D eigenvalue weighted by Gasteiger charge is 2.43. The third kappa shape index (κ3) is 3.45. The molecule has 0 fully saturated rings. The Hall–Kier alpha value is -2.73. The van der Waals surface area contributed by atoms with E-state index in [0.717, 1.165) is 17.7 Å². The Morgan fingerprint density at radius 3 is 2.56 bits per heavy atom. The molecule has 0 saturated heterocycles. The van der Waals surface area contributed by atoms with Gasteiger partial charge in [0, 0.05) is 37.6 Å². The molecular weight excluding hydrogens is 344 g/mol. The van der Waals surface area contributed by atoms with Gasteiger partial charge < -0.3 is 24.4 Å². The van der Waals surface area contributed by atoms with Crippen molar-refractivity contribution >= 4 is 11.6 Å². The van der Waals surface area contributed by atoms with Gasteiger partial charge in [0.05, 0.1) is 19.8 Å². The molecule has 0 aromatic heterocycles. The second-order valence-corrected chi connectivity index (χ2v) is 6.61. The molecule has 6 nitrogen and oxygen atoms in total. The van der Waals surface area contributed by atoms with Crippen molar-refractivity contribution in [3.63, 3.8) is 0 Å². The lowest BCUT2D eigenvalue weighted by molar-refractivity contribution is 0.0499. The molecule has 2 aromatic carbocycles. The first-order chi connectivity index (χ1) is 13.0. The first-order valence-electron chi connectivity index (χ1n) is 8.95. The number of carbonyl (C=O) groups is 1. The fraction of sp³-hybridized carbons (Fsp3) is 0.381. The van der Waals surface area contributed by atoms with Gasteiger partial charge in [-0.2, -0.15) is 0 Å². The number of hydrogen-bond donors (Lipinski definition) is 1. The quantitative estimate of drug-likeness (QED) is 0.756. The van der Waals surface area contributed by atoms with E-state index in [2.05, 4.69) is 5.32 Å². The van der Waals surface area contributed by atoms with Crippen LogP contribution in [0.2, 0.25) is 0 Å². The molecule has 3 rings (SSSR count). The zero-order valence-electron chi connectivity index (χ0n) is 16.2. The summed E-state index contributed by atoms with van der Waals surface area (Å²) in [6.07, 6.45) is 0.736. The minimum atomic E-state index is -0.767. The van der Waals surface area contributed by atoms with Crippen LogP contribution in [-0.2, 0) is 10.4 Å². The molecule has 1 aliphatic heterocycles. The van der Waals surface area contributed by atoms with Gasteiger partial charge in [-0.15, -0.1) is 0 Å². The molecule has 1 N–H and O–H groups in total. The van der Waals surface area contributed by atoms with E-state index < -0.39 is 5.66 Å². The molecule has 0 saturated carbocycles. The van der Waals surface area contributed by atoms with Crippen molar-refractivity contribution in [2.75, 3.05) is 39.8 Å². The summed E-state index contributed by atoms with van der Waals surface area (Å²) in [4.78, 5) is 15.1. The van der Waals surface area contributed by atoms with Gasteiger partial charge in [-0.3, -0.25) is 4.79 Å². The predicted octanol–water partition coefficient (Wildman–Crippen LogP) is 3.48. The predicted molar refractivity (Wildman–Crippen MR) is 104 cm³/mol. The minimum Gasteiger partial charge on any atom is -0.497 e. The van der Waals surface area contributed by atoms with Crippen LogP contribution in [0.1, 0.15) is 29.3 Å². The van der Waals surface area contributed by atoms with Crippen LogP contribution in [0.3, 0.4) is 0 Å². The Labute approximate surface area is 160 Å². The number of hydrogen-bond acceptors (Lipinski definition) is 5. The topological polar surface area (TPSA) is 60.0 Å². The maximum atomic E-state index is 13.3. The van der Waals surface area contributed by atoms with E-state index in [1.54, 1.807) is 21.3 Å². The number of nitrogens with zero attached hydrogens (tertiary/aromatic N) is 1. The van der Waals surface area contributed by atoms with Gasteiger partial charge in [-0.1, -0.05) is 12.1 Å². The number of fused-ring (bicyclic) bond motifs is 1. The third-order valence-corrected chi connectivity index (χ3v) is 4.98. The number of amides is 1. The molecule has 0 bridgehead atoms. The Balaban J connectivity index is 2.10. The van der Waals surface area contributed by atoms with Gasteiger partial charge >= 0.3 is 0 Å². The highest BCUT2D eigenvalue weighted by molar-refractivity contribution is 6.02. The zero-order valence-corrected chi connectivity index (χ0v) is 16.2. The Morgan fingerprint density at radius 1 is 1.07 bits per heavy atom. The number of methoxy groups -OCH3 is 3. The highest BCUT2D eigenvalue weighted by Crippen LogP contribution is 2.42. The average Bonchev–Trinajstić information content (AvgIpc) is 2.70. The first-order valence-corrected chi connectivity index (χ1v) is 8.95. The molecule has 1 aliphatic rings. The van der Waals surface area contributed by atoms with Gasteiger partial charge in [0.25, 0.3) is 5.91 Å². The molecule has 6 heteroatoms. The van der Waals surface area contributed by atoms with Crippen molar-refractivity contribution < 1.29 is 19.0 Å². The smallest absolute Gasteiger partial charge is 0.258 e. The summed E-state index contributed by atoms with van der Waals surface area (Å²) in [5, 5.41) is 3.55. The molecule has 1 amide bonds. The van der Waals surface area contributed by atoms with Crippen molar-refractivity contribution in [1.82, 2.24) is 4.90 Å². The molecular formula is C21H26N2O4. The summed E-state index contributed by atoms with van der Waals surface area (Å²) in [5.74, 6) is 1.35. The number of nitrogens with one attached hydrogen (secondary N) is 1. The number of anilines is 1. The van der Waals surface area contributed by atoms with E-state index >= 15 is 0 Å².